The summed E-state index contributed by atoms with van der Waals surface area (Å²) in [7, 11) is 0. The Hall–Kier alpha value is -1.42. The summed E-state index contributed by atoms with van der Waals surface area (Å²) in [4.78, 5) is 30.0. The molecule has 5 aliphatic heterocycles. The van der Waals surface area contributed by atoms with E-state index in [0.29, 0.717) is 6.61 Å². The second kappa shape index (κ2) is 6.83. The van der Waals surface area contributed by atoms with Crippen molar-refractivity contribution < 1.29 is 14.3 Å². The summed E-state index contributed by atoms with van der Waals surface area (Å²) in [6.07, 6.45) is 4.29. The van der Waals surface area contributed by atoms with Crippen LogP contribution in [-0.2, 0) is 9.53 Å². The summed E-state index contributed by atoms with van der Waals surface area (Å²) in [5, 5.41) is 13.4. The first-order chi connectivity index (χ1) is 13.5. The van der Waals surface area contributed by atoms with E-state index in [2.05, 4.69) is 40.0 Å². The van der Waals surface area contributed by atoms with Crippen molar-refractivity contribution in [3.05, 3.63) is 0 Å². The van der Waals surface area contributed by atoms with Crippen LogP contribution < -0.4 is 21.3 Å². The topological polar surface area (TPSA) is 98.0 Å². The first-order valence-electron chi connectivity index (χ1n) is 10.7. The number of hydrogen-bond acceptors (Lipinski definition) is 6. The second-order valence-electron chi connectivity index (χ2n) is 9.24. The quantitative estimate of drug-likeness (QED) is 0.452. The molecular weight excluding hydrogens is 360 g/mol. The first kappa shape index (κ1) is 18.6. The molecule has 6 unspecified atom stereocenters. The predicted octanol–water partition coefficient (Wildman–Crippen LogP) is -0.302. The van der Waals surface area contributed by atoms with Crippen molar-refractivity contribution in [3.8, 4) is 0 Å². The number of hydrogen-bond donors (Lipinski definition) is 4. The summed E-state index contributed by atoms with van der Waals surface area (Å²) >= 11 is 0. The highest BCUT2D eigenvalue weighted by atomic mass is 16.5. The molecule has 5 rings (SSSR count). The number of nitrogens with zero attached hydrogens (tertiary/aromatic N) is 2. The third-order valence-electron chi connectivity index (χ3n) is 7.13. The zero-order valence-corrected chi connectivity index (χ0v) is 16.7. The van der Waals surface area contributed by atoms with Crippen LogP contribution in [0.1, 0.15) is 46.0 Å². The lowest BCUT2D eigenvalue weighted by Crippen LogP contribution is -2.76. The molecule has 3 amide bonds. The van der Waals surface area contributed by atoms with Crippen molar-refractivity contribution in [2.75, 3.05) is 19.7 Å². The highest BCUT2D eigenvalue weighted by Gasteiger charge is 2.54. The third-order valence-corrected chi connectivity index (χ3v) is 7.13. The van der Waals surface area contributed by atoms with Gasteiger partial charge in [0.15, 0.2) is 0 Å². The van der Waals surface area contributed by atoms with Crippen LogP contribution in [0.2, 0.25) is 0 Å². The maximum Gasteiger partial charge on any atom is 0.320 e. The van der Waals surface area contributed by atoms with Gasteiger partial charge in [0.05, 0.1) is 36.1 Å². The zero-order valence-electron chi connectivity index (χ0n) is 16.7. The molecule has 0 aromatic heterocycles. The lowest BCUT2D eigenvalue weighted by atomic mass is 9.86. The van der Waals surface area contributed by atoms with E-state index in [4.69, 9.17) is 4.74 Å². The largest absolute Gasteiger partial charge is 0.376 e. The molecule has 9 heteroatoms. The van der Waals surface area contributed by atoms with Crippen LogP contribution in [0.5, 0.6) is 0 Å². The highest BCUT2D eigenvalue weighted by molar-refractivity contribution is 5.81. The van der Waals surface area contributed by atoms with Gasteiger partial charge in [-0.05, 0) is 52.5 Å². The number of piperidine rings is 2. The lowest BCUT2D eigenvalue weighted by Gasteiger charge is -2.55. The van der Waals surface area contributed by atoms with Crippen LogP contribution in [0.25, 0.3) is 0 Å². The molecule has 5 saturated heterocycles. The average Bonchev–Trinajstić information content (AvgIpc) is 2.98. The molecule has 0 spiro atoms. The van der Waals surface area contributed by atoms with Gasteiger partial charge in [0.1, 0.15) is 6.17 Å². The molecule has 2 bridgehead atoms. The van der Waals surface area contributed by atoms with E-state index in [-0.39, 0.29) is 48.5 Å². The van der Waals surface area contributed by atoms with Crippen LogP contribution in [0.4, 0.5) is 4.79 Å². The molecule has 0 aromatic rings. The Kier molecular flexibility index (Phi) is 4.53. The van der Waals surface area contributed by atoms with E-state index in [0.717, 1.165) is 45.2 Å². The molecule has 0 radical (unpaired) electrons. The standard InChI is InChI=1S/C19H32N6O3/c1-19(2)23-17(26)11-5-6-13-21-16(11)24(19)9-3-4-10-28-12-7-8-20-15-14(12)25(13)18(27)22-15/h11-16,20-21H,3-10H2,1-2H3,(H,22,27)(H,23,26). The van der Waals surface area contributed by atoms with Gasteiger partial charge in [-0.2, -0.15) is 0 Å². The molecule has 5 heterocycles. The van der Waals surface area contributed by atoms with Gasteiger partial charge < -0.3 is 20.3 Å². The number of carbonyl (C=O) groups is 2. The fraction of sp³-hybridized carbons (Fsp3) is 0.895. The minimum absolute atomic E-state index is 0.0198. The first-order valence-corrected chi connectivity index (χ1v) is 10.7. The summed E-state index contributed by atoms with van der Waals surface area (Å²) in [6, 6.07) is -0.0642. The van der Waals surface area contributed by atoms with E-state index in [1.54, 1.807) is 0 Å². The molecule has 9 nitrogen and oxygen atoms in total. The van der Waals surface area contributed by atoms with E-state index < -0.39 is 5.66 Å². The van der Waals surface area contributed by atoms with Gasteiger partial charge in [0.2, 0.25) is 5.91 Å². The van der Waals surface area contributed by atoms with Crippen molar-refractivity contribution >= 4 is 11.9 Å². The number of rotatable bonds is 0. The van der Waals surface area contributed by atoms with Crippen molar-refractivity contribution in [2.24, 2.45) is 5.92 Å². The minimum atomic E-state index is -0.414. The fourth-order valence-electron chi connectivity index (χ4n) is 5.78. The Bertz CT molecular complexity index is 658. The molecule has 0 aromatic carbocycles. The highest BCUT2D eigenvalue weighted by Crippen LogP contribution is 2.35. The molecule has 156 valence electrons. The van der Waals surface area contributed by atoms with Gasteiger partial charge in [0.25, 0.3) is 0 Å². The Morgan fingerprint density at radius 1 is 1.14 bits per heavy atom. The van der Waals surface area contributed by atoms with Gasteiger partial charge >= 0.3 is 6.03 Å². The second-order valence-corrected chi connectivity index (χ2v) is 9.24. The number of nitrogens with one attached hydrogen (secondary N) is 4. The Balaban J connectivity index is 1.48. The predicted molar refractivity (Wildman–Crippen MR) is 102 cm³/mol. The smallest absolute Gasteiger partial charge is 0.320 e. The van der Waals surface area contributed by atoms with Crippen LogP contribution in [0.3, 0.4) is 0 Å². The van der Waals surface area contributed by atoms with Crippen LogP contribution in [0, 0.1) is 5.92 Å². The average molecular weight is 393 g/mol. The molecule has 5 fully saturated rings. The Morgan fingerprint density at radius 2 is 2.00 bits per heavy atom. The number of ether oxygens (including phenoxy) is 1. The van der Waals surface area contributed by atoms with E-state index in [9.17, 15) is 9.59 Å². The Labute approximate surface area is 165 Å². The summed E-state index contributed by atoms with van der Waals surface area (Å²) in [5.74, 6) is 0.0405. The van der Waals surface area contributed by atoms with Crippen molar-refractivity contribution in [1.82, 2.24) is 31.1 Å². The van der Waals surface area contributed by atoms with Gasteiger partial charge in [0, 0.05) is 13.2 Å². The molecule has 6 atom stereocenters. The summed E-state index contributed by atoms with van der Waals surface area (Å²) in [5.41, 5.74) is -0.414. The molecule has 4 N–H and O–H groups in total. The van der Waals surface area contributed by atoms with Gasteiger partial charge in [-0.1, -0.05) is 0 Å². The normalized spacial score (nSPS) is 43.3. The minimum Gasteiger partial charge on any atom is -0.376 e. The number of carbonyl (C=O) groups excluding carboxylic acids is 2. The molecule has 0 saturated carbocycles. The number of urea groups is 1. The maximum atomic E-state index is 12.9. The van der Waals surface area contributed by atoms with Crippen molar-refractivity contribution in [2.45, 2.75) is 82.3 Å². The van der Waals surface area contributed by atoms with Gasteiger partial charge in [-0.25, -0.2) is 4.79 Å². The third kappa shape index (κ3) is 2.91. The molecule has 0 aliphatic carbocycles. The number of amides is 3. The van der Waals surface area contributed by atoms with Crippen molar-refractivity contribution in [3.63, 3.8) is 0 Å². The van der Waals surface area contributed by atoms with Gasteiger partial charge in [-0.3, -0.25) is 20.3 Å². The summed E-state index contributed by atoms with van der Waals surface area (Å²) in [6.45, 7) is 6.58. The SMILES string of the molecule is CC1(C)NC(=O)C2CCC3NC2N1CCCCOC1CCNC2NC(=O)N3C21. The van der Waals surface area contributed by atoms with E-state index in [1.165, 1.54) is 0 Å². The zero-order chi connectivity index (χ0) is 19.5. The monoisotopic (exact) mass is 392 g/mol. The van der Waals surface area contributed by atoms with Crippen LogP contribution in [-0.4, -0.2) is 77.7 Å². The summed E-state index contributed by atoms with van der Waals surface area (Å²) < 4.78 is 6.27. The van der Waals surface area contributed by atoms with Crippen molar-refractivity contribution in [1.29, 1.82) is 0 Å². The lowest BCUT2D eigenvalue weighted by molar-refractivity contribution is -0.151. The van der Waals surface area contributed by atoms with Gasteiger partial charge in [-0.15, -0.1) is 0 Å². The molecular formula is C19H32N6O3. The van der Waals surface area contributed by atoms with Crippen LogP contribution in [0.15, 0.2) is 0 Å². The van der Waals surface area contributed by atoms with E-state index >= 15 is 0 Å². The molecule has 5 aliphatic rings. The maximum absolute atomic E-state index is 12.9. The fourth-order valence-corrected chi connectivity index (χ4v) is 5.78. The van der Waals surface area contributed by atoms with E-state index in [1.807, 2.05) is 4.90 Å². The molecule has 28 heavy (non-hydrogen) atoms. The number of fused-ring (bicyclic) bond motifs is 2. The van der Waals surface area contributed by atoms with Crippen LogP contribution >= 0.6 is 0 Å². The Morgan fingerprint density at radius 3 is 2.86 bits per heavy atom.